The number of rotatable bonds is 5. The molecule has 3 heterocycles. The molecule has 1 amide bonds. The van der Waals surface area contributed by atoms with Crippen LogP contribution in [0.5, 0.6) is 0 Å². The second kappa shape index (κ2) is 7.04. The van der Waals surface area contributed by atoms with Gasteiger partial charge in [0.15, 0.2) is 0 Å². The average Bonchev–Trinajstić information content (AvgIpc) is 3.18. The number of nitrogens with zero attached hydrogens (tertiary/aromatic N) is 3. The zero-order chi connectivity index (χ0) is 18.0. The third-order valence-corrected chi connectivity index (χ3v) is 4.83. The third-order valence-electron chi connectivity index (χ3n) is 4.83. The molecule has 1 aliphatic heterocycles. The van der Waals surface area contributed by atoms with E-state index < -0.39 is 11.9 Å². The molecule has 1 saturated heterocycles. The lowest BCUT2D eigenvalue weighted by molar-refractivity contribution is -0.141. The molecule has 2 atom stereocenters. The molecule has 0 aromatic carbocycles. The van der Waals surface area contributed by atoms with Crippen LogP contribution in [0.2, 0.25) is 0 Å². The lowest BCUT2D eigenvalue weighted by Crippen LogP contribution is -2.30. The van der Waals surface area contributed by atoms with Crippen molar-refractivity contribution in [1.82, 2.24) is 15.0 Å². The fraction of sp³-hybridized carbons (Fsp3) is 0.444. The van der Waals surface area contributed by atoms with Gasteiger partial charge in [0.05, 0.1) is 11.6 Å². The van der Waals surface area contributed by atoms with Crippen LogP contribution < -0.4 is 0 Å². The number of aryl methyl sites for hydroxylation is 2. The summed E-state index contributed by atoms with van der Waals surface area (Å²) in [5.74, 6) is -1.12. The summed E-state index contributed by atoms with van der Waals surface area (Å²) in [5.41, 5.74) is 2.46. The van der Waals surface area contributed by atoms with E-state index in [0.29, 0.717) is 19.4 Å². The summed E-state index contributed by atoms with van der Waals surface area (Å²) < 4.78 is 5.12. The first-order valence-corrected chi connectivity index (χ1v) is 8.30. The summed E-state index contributed by atoms with van der Waals surface area (Å²) in [5, 5.41) is 13.4. The molecule has 0 radical (unpaired) electrons. The molecule has 1 N–H and O–H groups in total. The molecule has 1 aliphatic rings. The number of carboxylic acids is 1. The van der Waals surface area contributed by atoms with Gasteiger partial charge in [-0.2, -0.15) is 0 Å². The van der Waals surface area contributed by atoms with Crippen LogP contribution in [0.4, 0.5) is 0 Å². The maximum atomic E-state index is 12.6. The lowest BCUT2D eigenvalue weighted by Gasteiger charge is -2.16. The predicted octanol–water partition coefficient (Wildman–Crippen LogP) is 1.95. The molecule has 7 nitrogen and oxygen atoms in total. The van der Waals surface area contributed by atoms with Crippen LogP contribution in [0, 0.1) is 19.8 Å². The van der Waals surface area contributed by atoms with E-state index in [-0.39, 0.29) is 18.4 Å². The van der Waals surface area contributed by atoms with Crippen LogP contribution in [-0.2, 0) is 16.0 Å². The number of carbonyl (C=O) groups excluding carboxylic acids is 1. The first kappa shape index (κ1) is 17.1. The Kier molecular flexibility index (Phi) is 4.83. The zero-order valence-corrected chi connectivity index (χ0v) is 14.3. The van der Waals surface area contributed by atoms with E-state index in [1.54, 1.807) is 17.2 Å². The molecule has 7 heteroatoms. The van der Waals surface area contributed by atoms with Crippen LogP contribution in [0.25, 0.3) is 0 Å². The van der Waals surface area contributed by atoms with Gasteiger partial charge >= 0.3 is 5.97 Å². The Bertz CT molecular complexity index is 752. The molecule has 0 spiro atoms. The van der Waals surface area contributed by atoms with Crippen molar-refractivity contribution in [1.29, 1.82) is 0 Å². The Morgan fingerprint density at radius 2 is 2.12 bits per heavy atom. The minimum absolute atomic E-state index is 0.0512. The Balaban J connectivity index is 1.68. The fourth-order valence-electron chi connectivity index (χ4n) is 3.40. The van der Waals surface area contributed by atoms with Gasteiger partial charge in [-0.3, -0.25) is 14.6 Å². The predicted molar refractivity (Wildman–Crippen MR) is 89.0 cm³/mol. The van der Waals surface area contributed by atoms with Crippen LogP contribution in [0.3, 0.4) is 0 Å². The van der Waals surface area contributed by atoms with E-state index in [9.17, 15) is 14.7 Å². The molecule has 2 aromatic rings. The van der Waals surface area contributed by atoms with Gasteiger partial charge in [-0.25, -0.2) is 0 Å². The molecular formula is C18H21N3O4. The number of hydrogen-bond acceptors (Lipinski definition) is 5. The molecule has 0 saturated carbocycles. The highest BCUT2D eigenvalue weighted by atomic mass is 16.5. The first-order chi connectivity index (χ1) is 12.0. The maximum Gasteiger partial charge on any atom is 0.309 e. The Morgan fingerprint density at radius 1 is 1.32 bits per heavy atom. The third kappa shape index (κ3) is 3.55. The van der Waals surface area contributed by atoms with Gasteiger partial charge in [0.1, 0.15) is 5.76 Å². The van der Waals surface area contributed by atoms with Gasteiger partial charge in [0.2, 0.25) is 5.91 Å². The fourth-order valence-corrected chi connectivity index (χ4v) is 3.40. The Morgan fingerprint density at radius 3 is 2.72 bits per heavy atom. The van der Waals surface area contributed by atoms with Crippen LogP contribution in [0.1, 0.15) is 35.1 Å². The van der Waals surface area contributed by atoms with E-state index >= 15 is 0 Å². The Hall–Kier alpha value is -2.70. The van der Waals surface area contributed by atoms with Crippen molar-refractivity contribution >= 4 is 11.9 Å². The highest BCUT2D eigenvalue weighted by Gasteiger charge is 2.40. The SMILES string of the molecule is Cc1noc(C)c1CCC(=O)N1C[C@@H](C(=O)O)[C@H](c2ccccn2)C1. The summed E-state index contributed by atoms with van der Waals surface area (Å²) in [7, 11) is 0. The van der Waals surface area contributed by atoms with E-state index in [0.717, 1.165) is 22.7 Å². The van der Waals surface area contributed by atoms with Gasteiger partial charge < -0.3 is 14.5 Å². The average molecular weight is 343 g/mol. The number of hydrogen-bond donors (Lipinski definition) is 1. The summed E-state index contributed by atoms with van der Waals surface area (Å²) in [4.78, 5) is 30.1. The number of amides is 1. The molecule has 3 rings (SSSR count). The first-order valence-electron chi connectivity index (χ1n) is 8.30. The molecular weight excluding hydrogens is 322 g/mol. The molecule has 0 unspecified atom stereocenters. The summed E-state index contributed by atoms with van der Waals surface area (Å²) >= 11 is 0. The van der Waals surface area contributed by atoms with Gasteiger partial charge in [-0.05, 0) is 32.4 Å². The number of carbonyl (C=O) groups is 2. The van der Waals surface area contributed by atoms with Gasteiger partial charge in [0.25, 0.3) is 0 Å². The zero-order valence-electron chi connectivity index (χ0n) is 14.3. The Labute approximate surface area is 145 Å². The number of likely N-dealkylation sites (tertiary alicyclic amines) is 1. The van der Waals surface area contributed by atoms with Crippen LogP contribution in [0.15, 0.2) is 28.9 Å². The molecule has 2 aromatic heterocycles. The van der Waals surface area contributed by atoms with E-state index in [2.05, 4.69) is 10.1 Å². The lowest BCUT2D eigenvalue weighted by atomic mass is 9.93. The molecule has 0 bridgehead atoms. The molecule has 132 valence electrons. The normalized spacial score (nSPS) is 20.0. The second-order valence-corrected chi connectivity index (χ2v) is 6.41. The van der Waals surface area contributed by atoms with Crippen molar-refractivity contribution in [2.24, 2.45) is 5.92 Å². The van der Waals surface area contributed by atoms with Gasteiger partial charge in [-0.1, -0.05) is 11.2 Å². The topological polar surface area (TPSA) is 96.5 Å². The monoisotopic (exact) mass is 343 g/mol. The minimum Gasteiger partial charge on any atom is -0.481 e. The highest BCUT2D eigenvalue weighted by Crippen LogP contribution is 2.32. The van der Waals surface area contributed by atoms with Gasteiger partial charge in [0, 0.05) is 42.9 Å². The van der Waals surface area contributed by atoms with E-state index in [4.69, 9.17) is 4.52 Å². The van der Waals surface area contributed by atoms with Crippen LogP contribution >= 0.6 is 0 Å². The standard InChI is InChI=1S/C18H21N3O4/c1-11-13(12(2)25-20-11)6-7-17(22)21-9-14(15(10-21)18(23)24)16-5-3-4-8-19-16/h3-5,8,14-15H,6-7,9-10H2,1-2H3,(H,23,24)/t14-,15-/m1/s1. The van der Waals surface area contributed by atoms with Crippen molar-refractivity contribution in [3.63, 3.8) is 0 Å². The van der Waals surface area contributed by atoms with Crippen molar-refractivity contribution in [2.45, 2.75) is 32.6 Å². The quantitative estimate of drug-likeness (QED) is 0.891. The highest BCUT2D eigenvalue weighted by molar-refractivity contribution is 5.79. The van der Waals surface area contributed by atoms with E-state index in [1.165, 1.54) is 0 Å². The number of aliphatic carboxylic acids is 1. The van der Waals surface area contributed by atoms with Crippen molar-refractivity contribution in [3.8, 4) is 0 Å². The molecule has 25 heavy (non-hydrogen) atoms. The summed E-state index contributed by atoms with van der Waals surface area (Å²) in [6, 6.07) is 5.45. The number of carboxylic acid groups (broad SMARTS) is 1. The van der Waals surface area contributed by atoms with Crippen molar-refractivity contribution in [2.75, 3.05) is 13.1 Å². The molecule has 0 aliphatic carbocycles. The van der Waals surface area contributed by atoms with Crippen molar-refractivity contribution < 1.29 is 19.2 Å². The number of aromatic nitrogens is 2. The van der Waals surface area contributed by atoms with Gasteiger partial charge in [-0.15, -0.1) is 0 Å². The summed E-state index contributed by atoms with van der Waals surface area (Å²) in [6.07, 6.45) is 2.50. The molecule has 1 fully saturated rings. The largest absolute Gasteiger partial charge is 0.481 e. The van der Waals surface area contributed by atoms with E-state index in [1.807, 2.05) is 26.0 Å². The minimum atomic E-state index is -0.892. The smallest absolute Gasteiger partial charge is 0.309 e. The summed E-state index contributed by atoms with van der Waals surface area (Å²) in [6.45, 7) is 4.28. The van der Waals surface area contributed by atoms with Crippen molar-refractivity contribution in [3.05, 3.63) is 47.1 Å². The number of pyridine rings is 1. The second-order valence-electron chi connectivity index (χ2n) is 6.41. The maximum absolute atomic E-state index is 12.6. The van der Waals surface area contributed by atoms with Crippen LogP contribution in [-0.4, -0.2) is 45.1 Å².